The summed E-state index contributed by atoms with van der Waals surface area (Å²) in [5.74, 6) is 0.692. The van der Waals surface area contributed by atoms with E-state index in [-0.39, 0.29) is 31.6 Å². The lowest BCUT2D eigenvalue weighted by Gasteiger charge is -2.32. The van der Waals surface area contributed by atoms with Gasteiger partial charge in [0, 0.05) is 32.0 Å². The molecular formula is C33H33N3O4. The van der Waals surface area contributed by atoms with Crippen LogP contribution in [0.2, 0.25) is 0 Å². The number of carbonyl (C=O) groups is 2. The van der Waals surface area contributed by atoms with Crippen LogP contribution in [0.4, 0.5) is 11.4 Å². The molecule has 1 N–H and O–H groups in total. The predicted molar refractivity (Wildman–Crippen MR) is 157 cm³/mol. The van der Waals surface area contributed by atoms with Crippen LogP contribution in [0.25, 0.3) is 0 Å². The van der Waals surface area contributed by atoms with Crippen LogP contribution >= 0.6 is 0 Å². The third kappa shape index (κ3) is 6.26. The van der Waals surface area contributed by atoms with Crippen molar-refractivity contribution >= 4 is 23.2 Å². The van der Waals surface area contributed by atoms with Gasteiger partial charge in [-0.05, 0) is 60.0 Å². The summed E-state index contributed by atoms with van der Waals surface area (Å²) in [6.45, 7) is 2.40. The van der Waals surface area contributed by atoms with Crippen molar-refractivity contribution in [2.75, 3.05) is 31.1 Å². The highest BCUT2D eigenvalue weighted by Gasteiger charge is 2.33. The molecule has 0 saturated heterocycles. The summed E-state index contributed by atoms with van der Waals surface area (Å²) in [5.41, 5.74) is 5.24. The van der Waals surface area contributed by atoms with E-state index in [4.69, 9.17) is 9.47 Å². The number of amides is 2. The molecule has 0 fully saturated rings. The number of rotatable bonds is 9. The van der Waals surface area contributed by atoms with Gasteiger partial charge in [-0.25, -0.2) is 0 Å². The summed E-state index contributed by atoms with van der Waals surface area (Å²) in [4.78, 5) is 31.7. The van der Waals surface area contributed by atoms with E-state index in [0.29, 0.717) is 22.7 Å². The minimum absolute atomic E-state index is 0.119. The molecule has 40 heavy (non-hydrogen) atoms. The van der Waals surface area contributed by atoms with Crippen LogP contribution in [0.3, 0.4) is 0 Å². The first-order valence-electron chi connectivity index (χ1n) is 13.2. The minimum atomic E-state index is -0.916. The van der Waals surface area contributed by atoms with E-state index in [1.165, 1.54) is 0 Å². The van der Waals surface area contributed by atoms with Crippen LogP contribution in [0, 0.1) is 6.92 Å². The molecule has 7 heteroatoms. The van der Waals surface area contributed by atoms with Gasteiger partial charge >= 0.3 is 0 Å². The minimum Gasteiger partial charge on any atom is -0.454 e. The Bertz CT molecular complexity index is 1470. The molecule has 1 aliphatic heterocycles. The van der Waals surface area contributed by atoms with Crippen molar-refractivity contribution in [3.05, 3.63) is 119 Å². The highest BCUT2D eigenvalue weighted by atomic mass is 16.7. The number of aryl methyl sites for hydroxylation is 1. The fraction of sp³-hybridized carbons (Fsp3) is 0.212. The van der Waals surface area contributed by atoms with Gasteiger partial charge in [0.15, 0.2) is 11.5 Å². The molecule has 0 aromatic heterocycles. The van der Waals surface area contributed by atoms with Gasteiger partial charge < -0.3 is 24.6 Å². The summed E-state index contributed by atoms with van der Waals surface area (Å²) < 4.78 is 11.1. The molecule has 1 aliphatic rings. The Morgan fingerprint density at radius 3 is 2.23 bits per heavy atom. The van der Waals surface area contributed by atoms with Crippen LogP contribution in [0.1, 0.15) is 28.3 Å². The van der Waals surface area contributed by atoms with Crippen LogP contribution in [-0.2, 0) is 22.6 Å². The lowest BCUT2D eigenvalue weighted by Crippen LogP contribution is -2.41. The molecule has 1 heterocycles. The van der Waals surface area contributed by atoms with E-state index in [9.17, 15) is 9.59 Å². The Balaban J connectivity index is 1.53. The number of anilines is 2. The molecule has 204 valence electrons. The summed E-state index contributed by atoms with van der Waals surface area (Å²) in [6, 6.07) is 29.7. The van der Waals surface area contributed by atoms with Crippen molar-refractivity contribution in [2.24, 2.45) is 0 Å². The normalized spacial score (nSPS) is 12.5. The second kappa shape index (κ2) is 11.9. The monoisotopic (exact) mass is 535 g/mol. The molecule has 4 aromatic rings. The number of benzene rings is 4. The van der Waals surface area contributed by atoms with E-state index >= 15 is 0 Å². The van der Waals surface area contributed by atoms with E-state index in [1.807, 2.05) is 111 Å². The molecule has 7 nitrogen and oxygen atoms in total. The van der Waals surface area contributed by atoms with Crippen molar-refractivity contribution in [3.63, 3.8) is 0 Å². The molecule has 5 rings (SSSR count). The van der Waals surface area contributed by atoms with Gasteiger partial charge in [0.25, 0.3) is 5.91 Å². The van der Waals surface area contributed by atoms with E-state index in [1.54, 1.807) is 17.0 Å². The maximum Gasteiger partial charge on any atom is 0.251 e. The van der Waals surface area contributed by atoms with Crippen molar-refractivity contribution in [1.82, 2.24) is 4.90 Å². The number of carbonyl (C=O) groups excluding carboxylic acids is 2. The van der Waals surface area contributed by atoms with Gasteiger partial charge in [0.05, 0.1) is 6.42 Å². The molecule has 0 spiro atoms. The maximum atomic E-state index is 14.1. The SMILES string of the molecule is Cc1ccc(CN(C(=O)Cc2ccccc2)C(C(=O)Nc2ccc(N(C)C)cc2)c2ccc3c(c2)OCO3)cc1. The first-order chi connectivity index (χ1) is 19.4. The quantitative estimate of drug-likeness (QED) is 0.296. The van der Waals surface area contributed by atoms with Gasteiger partial charge in [0.1, 0.15) is 6.04 Å². The second-order valence-corrected chi connectivity index (χ2v) is 10.1. The average molecular weight is 536 g/mol. The Labute approximate surface area is 235 Å². The molecular weight excluding hydrogens is 502 g/mol. The van der Waals surface area contributed by atoms with Crippen molar-refractivity contribution < 1.29 is 19.1 Å². The Kier molecular flexibility index (Phi) is 8.01. The van der Waals surface area contributed by atoms with Crippen LogP contribution < -0.4 is 19.7 Å². The smallest absolute Gasteiger partial charge is 0.251 e. The highest BCUT2D eigenvalue weighted by Crippen LogP contribution is 2.36. The molecule has 0 aliphatic carbocycles. The summed E-state index contributed by atoms with van der Waals surface area (Å²) in [5, 5.41) is 3.05. The third-order valence-electron chi connectivity index (χ3n) is 6.92. The van der Waals surface area contributed by atoms with E-state index < -0.39 is 6.04 Å². The first-order valence-corrected chi connectivity index (χ1v) is 13.2. The van der Waals surface area contributed by atoms with Crippen molar-refractivity contribution in [1.29, 1.82) is 0 Å². The highest BCUT2D eigenvalue weighted by molar-refractivity contribution is 5.98. The van der Waals surface area contributed by atoms with Gasteiger partial charge in [-0.2, -0.15) is 0 Å². The van der Waals surface area contributed by atoms with E-state index in [0.717, 1.165) is 22.4 Å². The fourth-order valence-electron chi connectivity index (χ4n) is 4.70. The average Bonchev–Trinajstić information content (AvgIpc) is 3.43. The summed E-state index contributed by atoms with van der Waals surface area (Å²) in [7, 11) is 3.93. The zero-order chi connectivity index (χ0) is 28.1. The largest absolute Gasteiger partial charge is 0.454 e. The molecule has 2 amide bonds. The zero-order valence-electron chi connectivity index (χ0n) is 23.0. The third-order valence-corrected chi connectivity index (χ3v) is 6.92. The summed E-state index contributed by atoms with van der Waals surface area (Å²) >= 11 is 0. The second-order valence-electron chi connectivity index (χ2n) is 10.1. The molecule has 0 bridgehead atoms. The van der Waals surface area contributed by atoms with Gasteiger partial charge in [-0.3, -0.25) is 9.59 Å². The Morgan fingerprint density at radius 2 is 1.52 bits per heavy atom. The van der Waals surface area contributed by atoms with E-state index in [2.05, 4.69) is 5.32 Å². The number of ether oxygens (including phenoxy) is 2. The first kappa shape index (κ1) is 26.8. The van der Waals surface area contributed by atoms with Gasteiger partial charge in [-0.15, -0.1) is 0 Å². The number of hydrogen-bond acceptors (Lipinski definition) is 5. The topological polar surface area (TPSA) is 71.1 Å². The van der Waals surface area contributed by atoms with Gasteiger partial charge in [0.2, 0.25) is 12.7 Å². The lowest BCUT2D eigenvalue weighted by atomic mass is 10.0. The molecule has 4 aromatic carbocycles. The molecule has 0 saturated carbocycles. The molecule has 0 radical (unpaired) electrons. The Morgan fingerprint density at radius 1 is 0.825 bits per heavy atom. The van der Waals surface area contributed by atoms with Crippen LogP contribution in [0.15, 0.2) is 97.1 Å². The number of nitrogens with one attached hydrogen (secondary N) is 1. The zero-order valence-corrected chi connectivity index (χ0v) is 23.0. The van der Waals surface area contributed by atoms with Crippen molar-refractivity contribution in [2.45, 2.75) is 25.9 Å². The van der Waals surface area contributed by atoms with Crippen molar-refractivity contribution in [3.8, 4) is 11.5 Å². The number of nitrogens with zero attached hydrogens (tertiary/aromatic N) is 2. The standard InChI is InChI=1S/C33H33N3O4/c1-23-9-11-25(12-10-23)21-36(31(37)19-24-7-5-4-6-8-24)32(26-13-18-29-30(20-26)40-22-39-29)33(38)34-27-14-16-28(17-15-27)35(2)3/h4-18,20,32H,19,21-22H2,1-3H3,(H,34,38). The van der Waals surface area contributed by atoms with Crippen LogP contribution in [-0.4, -0.2) is 37.6 Å². The Hall–Kier alpha value is -4.78. The molecule has 1 unspecified atom stereocenters. The summed E-state index contributed by atoms with van der Waals surface area (Å²) in [6.07, 6.45) is 0.165. The lowest BCUT2D eigenvalue weighted by molar-refractivity contribution is -0.139. The predicted octanol–water partition coefficient (Wildman–Crippen LogP) is 5.74. The number of hydrogen-bond donors (Lipinski definition) is 1. The van der Waals surface area contributed by atoms with Gasteiger partial charge in [-0.1, -0.05) is 66.2 Å². The molecule has 1 atom stereocenters. The fourth-order valence-corrected chi connectivity index (χ4v) is 4.70. The number of fused-ring (bicyclic) bond motifs is 1. The van der Waals surface area contributed by atoms with Crippen LogP contribution in [0.5, 0.6) is 11.5 Å². The maximum absolute atomic E-state index is 14.1.